The molecule has 0 fully saturated rings. The van der Waals surface area contributed by atoms with E-state index in [-0.39, 0.29) is 5.82 Å². The maximum absolute atomic E-state index is 13.3. The Morgan fingerprint density at radius 2 is 1.56 bits per heavy atom. The van der Waals surface area contributed by atoms with E-state index in [9.17, 15) is 4.39 Å². The summed E-state index contributed by atoms with van der Waals surface area (Å²) in [4.78, 5) is 22.7. The van der Waals surface area contributed by atoms with Crippen molar-refractivity contribution in [2.45, 2.75) is 13.1 Å². The predicted molar refractivity (Wildman–Crippen MR) is 128 cm³/mol. The minimum absolute atomic E-state index is 0.276. The third-order valence-electron chi connectivity index (χ3n) is 4.87. The second kappa shape index (κ2) is 13.5. The van der Waals surface area contributed by atoms with Crippen LogP contribution in [0.25, 0.3) is 11.3 Å². The number of nitrogens with zero attached hydrogens (tertiary/aromatic N) is 2. The van der Waals surface area contributed by atoms with Gasteiger partial charge in [0.1, 0.15) is 5.82 Å². The van der Waals surface area contributed by atoms with Gasteiger partial charge in [0, 0.05) is 25.8 Å². The van der Waals surface area contributed by atoms with E-state index in [2.05, 4.69) is 10.3 Å². The van der Waals surface area contributed by atoms with E-state index in [1.54, 1.807) is 46.8 Å². The summed E-state index contributed by atoms with van der Waals surface area (Å²) in [6.07, 6.45) is 1.76. The van der Waals surface area contributed by atoms with Gasteiger partial charge in [0.25, 0.3) is 0 Å². The average Bonchev–Trinajstić information content (AvgIpc) is 3.28. The number of carboxylic acid groups (broad SMARTS) is 2. The Morgan fingerprint density at radius 1 is 0.972 bits per heavy atom. The van der Waals surface area contributed by atoms with Gasteiger partial charge in [-0.3, -0.25) is 0 Å². The summed E-state index contributed by atoms with van der Waals surface area (Å²) < 4.78 is 36.8. The van der Waals surface area contributed by atoms with Crippen LogP contribution in [-0.2, 0) is 27.4 Å². The van der Waals surface area contributed by atoms with Crippen LogP contribution in [0.2, 0.25) is 0 Å². The van der Waals surface area contributed by atoms with Gasteiger partial charge in [-0.15, -0.1) is 0 Å². The number of benzene rings is 2. The molecule has 1 heterocycles. The fraction of sp³-hybridized carbons (Fsp3) is 0.292. The number of ether oxygens (including phenoxy) is 4. The molecule has 36 heavy (non-hydrogen) atoms. The highest BCUT2D eigenvalue weighted by molar-refractivity contribution is 6.27. The molecule has 3 aromatic rings. The van der Waals surface area contributed by atoms with Crippen molar-refractivity contribution in [2.24, 2.45) is 0 Å². The average molecular weight is 505 g/mol. The first kappa shape index (κ1) is 27.9. The summed E-state index contributed by atoms with van der Waals surface area (Å²) >= 11 is 0. The summed E-state index contributed by atoms with van der Waals surface area (Å²) in [6.45, 7) is 1.60. The van der Waals surface area contributed by atoms with E-state index in [0.29, 0.717) is 42.9 Å². The zero-order valence-electron chi connectivity index (χ0n) is 20.3. The molecular weight excluding hydrogens is 477 g/mol. The summed E-state index contributed by atoms with van der Waals surface area (Å²) in [7, 11) is 6.39. The third-order valence-corrected chi connectivity index (χ3v) is 4.87. The van der Waals surface area contributed by atoms with Crippen LogP contribution >= 0.6 is 0 Å². The van der Waals surface area contributed by atoms with Crippen LogP contribution in [0.3, 0.4) is 0 Å². The van der Waals surface area contributed by atoms with Crippen molar-refractivity contribution < 1.29 is 43.1 Å². The number of halogens is 1. The van der Waals surface area contributed by atoms with E-state index < -0.39 is 11.9 Å². The number of aliphatic carboxylic acids is 2. The summed E-state index contributed by atoms with van der Waals surface area (Å²) in [5.74, 6) is -1.52. The molecule has 0 aliphatic rings. The SMILES string of the molecule is COCCn1c(-c2ccc(F)cc2)cnc1NCc1cc(OC)c(OC)c(OC)c1.O=C(O)C(=O)O. The first-order valence-corrected chi connectivity index (χ1v) is 10.5. The van der Waals surface area contributed by atoms with Crippen molar-refractivity contribution in [3.63, 3.8) is 0 Å². The Morgan fingerprint density at radius 3 is 2.03 bits per heavy atom. The smallest absolute Gasteiger partial charge is 0.414 e. The molecule has 3 N–H and O–H groups in total. The molecule has 12 heteroatoms. The van der Waals surface area contributed by atoms with Gasteiger partial charge in [-0.2, -0.15) is 0 Å². The van der Waals surface area contributed by atoms with Crippen LogP contribution in [0.5, 0.6) is 17.2 Å². The Bertz CT molecular complexity index is 1130. The molecule has 11 nitrogen and oxygen atoms in total. The number of hydrogen-bond donors (Lipinski definition) is 3. The monoisotopic (exact) mass is 505 g/mol. The Hall–Kier alpha value is -4.32. The van der Waals surface area contributed by atoms with Crippen molar-refractivity contribution in [3.05, 3.63) is 54.0 Å². The molecular formula is C24H28FN3O8. The Kier molecular flexibility index (Phi) is 10.5. The van der Waals surface area contributed by atoms with Crippen LogP contribution < -0.4 is 19.5 Å². The molecule has 0 spiro atoms. The zero-order chi connectivity index (χ0) is 26.7. The lowest BCUT2D eigenvalue weighted by Crippen LogP contribution is -2.12. The molecule has 1 aromatic heterocycles. The van der Waals surface area contributed by atoms with Crippen molar-refractivity contribution in [2.75, 3.05) is 40.4 Å². The van der Waals surface area contributed by atoms with Gasteiger partial charge in [0.2, 0.25) is 11.7 Å². The molecule has 0 radical (unpaired) electrons. The topological polar surface area (TPSA) is 141 Å². The number of carbonyl (C=O) groups is 2. The number of nitrogens with one attached hydrogen (secondary N) is 1. The van der Waals surface area contributed by atoms with Crippen molar-refractivity contribution in [3.8, 4) is 28.5 Å². The minimum Gasteiger partial charge on any atom is -0.493 e. The van der Waals surface area contributed by atoms with E-state index in [4.69, 9.17) is 38.7 Å². The van der Waals surface area contributed by atoms with Crippen molar-refractivity contribution in [1.29, 1.82) is 0 Å². The molecule has 0 atom stereocenters. The largest absolute Gasteiger partial charge is 0.493 e. The molecule has 0 bridgehead atoms. The van der Waals surface area contributed by atoms with E-state index >= 15 is 0 Å². The fourth-order valence-electron chi connectivity index (χ4n) is 3.20. The minimum atomic E-state index is -1.82. The molecule has 0 aliphatic carbocycles. The standard InChI is InChI=1S/C22H26FN3O4.C2H2O4/c1-27-10-9-26-18(16-5-7-17(23)8-6-16)14-25-22(26)24-13-15-11-19(28-2)21(30-4)20(12-15)29-3;3-1(4)2(5)6/h5-8,11-12,14H,9-10,13H2,1-4H3,(H,24,25);(H,3,4)(H,5,6). The number of methoxy groups -OCH3 is 4. The second-order valence-electron chi connectivity index (χ2n) is 7.12. The van der Waals surface area contributed by atoms with Gasteiger partial charge >= 0.3 is 11.9 Å². The summed E-state index contributed by atoms with van der Waals surface area (Å²) in [6, 6.07) is 10.1. The normalized spacial score (nSPS) is 10.1. The van der Waals surface area contributed by atoms with E-state index in [0.717, 1.165) is 16.8 Å². The van der Waals surface area contributed by atoms with E-state index in [1.165, 1.54) is 12.1 Å². The lowest BCUT2D eigenvalue weighted by Gasteiger charge is -2.16. The molecule has 0 aliphatic heterocycles. The summed E-state index contributed by atoms with van der Waals surface area (Å²) in [5.41, 5.74) is 2.69. The van der Waals surface area contributed by atoms with Gasteiger partial charge in [-0.05, 0) is 42.0 Å². The molecule has 0 unspecified atom stereocenters. The van der Waals surface area contributed by atoms with Crippen molar-refractivity contribution >= 4 is 17.9 Å². The first-order chi connectivity index (χ1) is 17.2. The van der Waals surface area contributed by atoms with Crippen molar-refractivity contribution in [1.82, 2.24) is 9.55 Å². The molecule has 0 saturated heterocycles. The van der Waals surface area contributed by atoms with Gasteiger partial charge < -0.3 is 39.0 Å². The van der Waals surface area contributed by atoms with Crippen LogP contribution in [0.15, 0.2) is 42.6 Å². The van der Waals surface area contributed by atoms with Gasteiger partial charge in [-0.25, -0.2) is 19.0 Å². The van der Waals surface area contributed by atoms with Gasteiger partial charge in [0.05, 0.1) is 39.8 Å². The maximum Gasteiger partial charge on any atom is 0.414 e. The highest BCUT2D eigenvalue weighted by atomic mass is 19.1. The lowest BCUT2D eigenvalue weighted by atomic mass is 10.1. The predicted octanol–water partition coefficient (Wildman–Crippen LogP) is 3.13. The number of aromatic nitrogens is 2. The van der Waals surface area contributed by atoms with Crippen LogP contribution in [-0.4, -0.2) is 66.7 Å². The number of hydrogen-bond acceptors (Lipinski definition) is 8. The number of imidazole rings is 1. The quantitative estimate of drug-likeness (QED) is 0.352. The maximum atomic E-state index is 13.3. The molecule has 194 valence electrons. The fourth-order valence-corrected chi connectivity index (χ4v) is 3.20. The molecule has 0 saturated carbocycles. The van der Waals surface area contributed by atoms with E-state index in [1.807, 2.05) is 16.7 Å². The number of rotatable bonds is 10. The van der Waals surface area contributed by atoms with Crippen LogP contribution in [0, 0.1) is 5.82 Å². The number of carboxylic acids is 2. The lowest BCUT2D eigenvalue weighted by molar-refractivity contribution is -0.159. The molecule has 3 rings (SSSR count). The Balaban J connectivity index is 0.000000678. The highest BCUT2D eigenvalue weighted by Gasteiger charge is 2.15. The third kappa shape index (κ3) is 7.34. The Labute approximate surface area is 207 Å². The van der Waals surface area contributed by atoms with Gasteiger partial charge in [0.15, 0.2) is 11.5 Å². The van der Waals surface area contributed by atoms with Crippen LogP contribution in [0.4, 0.5) is 10.3 Å². The molecule has 0 amide bonds. The van der Waals surface area contributed by atoms with Gasteiger partial charge in [-0.1, -0.05) is 0 Å². The summed E-state index contributed by atoms with van der Waals surface area (Å²) in [5, 5.41) is 18.1. The molecule has 2 aromatic carbocycles. The number of anilines is 1. The second-order valence-corrected chi connectivity index (χ2v) is 7.12. The zero-order valence-corrected chi connectivity index (χ0v) is 20.3. The first-order valence-electron chi connectivity index (χ1n) is 10.5. The van der Waals surface area contributed by atoms with Crippen LogP contribution in [0.1, 0.15) is 5.56 Å². The highest BCUT2D eigenvalue weighted by Crippen LogP contribution is 2.38.